The minimum Gasteiger partial charge on any atom is -0.693 e. The second kappa shape index (κ2) is 19.0. The molecule has 0 bridgehead atoms. The molecule has 0 aliphatic rings. The van der Waals surface area contributed by atoms with E-state index < -0.39 is 0 Å². The van der Waals surface area contributed by atoms with Gasteiger partial charge in [-0.05, 0) is 0 Å². The Hall–Kier alpha value is 1.18. The third kappa shape index (κ3) is 37.5. The summed E-state index contributed by atoms with van der Waals surface area (Å²) in [4.78, 5) is 0. The van der Waals surface area contributed by atoms with Crippen LogP contribution in [0.3, 0.4) is 0 Å². The Bertz CT molecular complexity index is 9.61. The van der Waals surface area contributed by atoms with Crippen molar-refractivity contribution in [1.82, 2.24) is 0 Å². The molecule has 0 heterocycles. The summed E-state index contributed by atoms with van der Waals surface area (Å²) in [5, 5.41) is 0. The van der Waals surface area contributed by atoms with Crippen molar-refractivity contribution in [3.8, 4) is 0 Å². The van der Waals surface area contributed by atoms with Crippen LogP contribution in [0.25, 0.3) is 12.3 Å². The van der Waals surface area contributed by atoms with E-state index in [4.69, 9.17) is 10.2 Å². The van der Waals surface area contributed by atoms with Gasteiger partial charge in [-0.3, -0.25) is 0 Å². The molecule has 0 atom stereocenters. The van der Waals surface area contributed by atoms with Crippen molar-refractivity contribution in [3.05, 3.63) is 12.3 Å². The summed E-state index contributed by atoms with van der Waals surface area (Å²) in [7, 11) is 4.85. The van der Waals surface area contributed by atoms with Gasteiger partial charge in [-0.15, -0.1) is 0 Å². The number of nitrogens with two attached hydrogens (primary N) is 2. The van der Waals surface area contributed by atoms with E-state index in [9.17, 15) is 0 Å². The minimum atomic E-state index is 0. The van der Waals surface area contributed by atoms with Crippen LogP contribution in [-0.2, 0) is 11.8 Å². The normalized spacial score (nSPS) is 4.40. The predicted molar refractivity (Wildman–Crippen MR) is 25.3 cm³/mol. The third-order valence-electron chi connectivity index (χ3n) is 0. The van der Waals surface area contributed by atoms with Gasteiger partial charge in [0.1, 0.15) is 0 Å². The standard InChI is InChI=1S/BrH.ClH.2H2N.Ni/h2*1H;2*1H2;/q;;2*-1;+4/p-2. The summed E-state index contributed by atoms with van der Waals surface area (Å²) in [6.07, 6.45) is 0. The van der Waals surface area contributed by atoms with E-state index in [-0.39, 0.29) is 12.3 Å². The molecule has 0 radical (unpaired) electrons. The van der Waals surface area contributed by atoms with Gasteiger partial charge < -0.3 is 12.3 Å². The first-order valence-electron chi connectivity index (χ1n) is 0.239. The van der Waals surface area contributed by atoms with Crippen molar-refractivity contribution in [2.45, 2.75) is 0 Å². The van der Waals surface area contributed by atoms with Crippen molar-refractivity contribution in [2.24, 2.45) is 0 Å². The number of hydrogen-bond donors (Lipinski definition) is 0. The van der Waals surface area contributed by atoms with E-state index in [1.165, 1.54) is 0 Å². The topological polar surface area (TPSA) is 67.0 Å². The van der Waals surface area contributed by atoms with Gasteiger partial charge in [0.15, 0.2) is 0 Å². The Morgan fingerprint density at radius 3 is 1.40 bits per heavy atom. The first-order valence-corrected chi connectivity index (χ1v) is 4.04. The van der Waals surface area contributed by atoms with Crippen molar-refractivity contribution < 1.29 is 11.8 Å². The maximum Gasteiger partial charge on any atom is -0.693 e. The molecule has 0 unspecified atom stereocenters. The van der Waals surface area contributed by atoms with E-state index in [1.54, 1.807) is 0 Å². The van der Waals surface area contributed by atoms with Crippen molar-refractivity contribution in [3.63, 3.8) is 0 Å². The SMILES string of the molecule is [Cl][Ni+2][Br].[NH2-].[NH2-]. The van der Waals surface area contributed by atoms with E-state index in [1.807, 2.05) is 0 Å². The molecule has 0 aromatic carbocycles. The van der Waals surface area contributed by atoms with Crippen LogP contribution >= 0.6 is 24.4 Å². The zero-order chi connectivity index (χ0) is 2.71. The molecule has 0 spiro atoms. The van der Waals surface area contributed by atoms with Gasteiger partial charge in [0, 0.05) is 0 Å². The molecule has 0 saturated carbocycles. The minimum absolute atomic E-state index is 0. The molecule has 4 N–H and O–H groups in total. The fourth-order valence-electron chi connectivity index (χ4n) is 0. The van der Waals surface area contributed by atoms with E-state index in [0.717, 1.165) is 11.8 Å². The van der Waals surface area contributed by atoms with Crippen LogP contribution in [-0.4, -0.2) is 0 Å². The largest absolute Gasteiger partial charge is 0.693 e. The fraction of sp³-hybridized carbons (Fsp3) is 0. The second-order valence-corrected chi connectivity index (χ2v) is 2.90. The van der Waals surface area contributed by atoms with Crippen molar-refractivity contribution in [2.75, 3.05) is 0 Å². The van der Waals surface area contributed by atoms with Gasteiger partial charge in [-0.1, -0.05) is 0 Å². The Balaban J connectivity index is -0.0000000200. The molecule has 0 rings (SSSR count). The first kappa shape index (κ1) is 16.4. The zero-order valence-corrected chi connectivity index (χ0v) is 5.56. The van der Waals surface area contributed by atoms with E-state index in [2.05, 4.69) is 14.2 Å². The zero-order valence-electron chi connectivity index (χ0n) is 2.23. The molecule has 0 aromatic rings. The summed E-state index contributed by atoms with van der Waals surface area (Å²) in [5.74, 6) is 0. The smallest absolute Gasteiger partial charge is 0.693 e. The maximum atomic E-state index is 4.85. The molecule has 38 valence electrons. The van der Waals surface area contributed by atoms with Crippen LogP contribution in [0.5, 0.6) is 0 Å². The maximum absolute atomic E-state index is 4.85. The fourth-order valence-corrected chi connectivity index (χ4v) is 0. The summed E-state index contributed by atoms with van der Waals surface area (Å²) >= 11 is 3.76. The van der Waals surface area contributed by atoms with Crippen LogP contribution in [0.2, 0.25) is 0 Å². The molecule has 5 heavy (non-hydrogen) atoms. The average molecular weight is 206 g/mol. The molecule has 0 aliphatic heterocycles. The van der Waals surface area contributed by atoms with Gasteiger partial charge in [0.25, 0.3) is 0 Å². The molecule has 0 fully saturated rings. The van der Waals surface area contributed by atoms with Crippen LogP contribution in [0, 0.1) is 0 Å². The van der Waals surface area contributed by atoms with E-state index >= 15 is 0 Å². The molecule has 0 saturated heterocycles. The summed E-state index contributed by atoms with van der Waals surface area (Å²) < 4.78 is 0. The molecular weight excluding hydrogens is 202 g/mol. The van der Waals surface area contributed by atoms with E-state index in [0.29, 0.717) is 0 Å². The molecule has 0 aliphatic carbocycles. The molecule has 0 amide bonds. The number of halogens is 2. The predicted octanol–water partition coefficient (Wildman–Crippen LogP) is 2.97. The Morgan fingerprint density at radius 2 is 1.40 bits per heavy atom. The van der Waals surface area contributed by atoms with Gasteiger partial charge in [0.05, 0.1) is 0 Å². The Labute approximate surface area is 48.7 Å². The van der Waals surface area contributed by atoms with Crippen molar-refractivity contribution in [1.29, 1.82) is 0 Å². The van der Waals surface area contributed by atoms with Gasteiger partial charge in [0.2, 0.25) is 0 Å². The van der Waals surface area contributed by atoms with Gasteiger partial charge in [-0.25, -0.2) is 0 Å². The quantitative estimate of drug-likeness (QED) is 0.547. The van der Waals surface area contributed by atoms with Gasteiger partial charge in [-0.2, -0.15) is 0 Å². The Morgan fingerprint density at radius 1 is 1.40 bits per heavy atom. The first-order chi connectivity index (χ1) is 1.41. The second-order valence-electron chi connectivity index (χ2n) is 0.0452. The number of rotatable bonds is 0. The molecule has 0 aromatic heterocycles. The third-order valence-corrected chi connectivity index (χ3v) is 0. The summed E-state index contributed by atoms with van der Waals surface area (Å²) in [5.41, 5.74) is 0. The van der Waals surface area contributed by atoms with Crippen molar-refractivity contribution >= 4 is 24.4 Å². The Kier molecular flexibility index (Phi) is 62.4. The monoisotopic (exact) mass is 204 g/mol. The molecule has 2 nitrogen and oxygen atoms in total. The van der Waals surface area contributed by atoms with Crippen LogP contribution in [0.15, 0.2) is 0 Å². The van der Waals surface area contributed by atoms with Crippen LogP contribution in [0.1, 0.15) is 0 Å². The average Bonchev–Trinajstić information content (AvgIpc) is 0.918. The van der Waals surface area contributed by atoms with Crippen LogP contribution in [0.4, 0.5) is 0 Å². The summed E-state index contributed by atoms with van der Waals surface area (Å²) in [6, 6.07) is 0. The van der Waals surface area contributed by atoms with Gasteiger partial charge >= 0.3 is 36.2 Å². The van der Waals surface area contributed by atoms with Crippen LogP contribution < -0.4 is 0 Å². The molecule has 5 heteroatoms. The number of hydrogen-bond acceptors (Lipinski definition) is 0. The summed E-state index contributed by atoms with van der Waals surface area (Å²) in [6.45, 7) is 0. The molecular formula is H4BrClN2Ni.